The van der Waals surface area contributed by atoms with Gasteiger partial charge in [0, 0.05) is 17.9 Å². The fourth-order valence-electron chi connectivity index (χ4n) is 7.19. The molecule has 5 aromatic rings. The van der Waals surface area contributed by atoms with Crippen LogP contribution in [0.2, 0.25) is 0 Å². The highest BCUT2D eigenvalue weighted by Crippen LogP contribution is 2.65. The second-order valence-electron chi connectivity index (χ2n) is 14.9. The molecule has 4 aromatic heterocycles. The number of nitrogens with two attached hydrogens (primary N) is 2. The van der Waals surface area contributed by atoms with Crippen molar-refractivity contribution in [3.8, 4) is 0 Å². The number of carbonyl (C=O) groups excluding carboxylic acids is 2. The number of rotatable bonds is 12. The molecule has 0 radical (unpaired) electrons. The molecular formula is C35H43BF2N12O10P2S. The second kappa shape index (κ2) is 18.8. The minimum absolute atomic E-state index is 0.0249. The Hall–Kier alpha value is -4.65. The van der Waals surface area contributed by atoms with Crippen LogP contribution in [0, 0.1) is 0 Å². The average molecular weight is 935 g/mol. The van der Waals surface area contributed by atoms with E-state index in [0.29, 0.717) is 29.1 Å². The summed E-state index contributed by atoms with van der Waals surface area (Å²) < 4.78 is 101. The van der Waals surface area contributed by atoms with E-state index in [0.717, 1.165) is 26.8 Å². The lowest BCUT2D eigenvalue weighted by Crippen LogP contribution is -2.37. The Morgan fingerprint density at radius 1 is 0.825 bits per heavy atom. The molecule has 0 bridgehead atoms. The number of nitrogen functional groups attached to an aromatic ring is 2. The highest BCUT2D eigenvalue weighted by molar-refractivity contribution is 8.54. The lowest BCUT2D eigenvalue weighted by Gasteiger charge is -2.30. The molecule has 2 unspecified atom stereocenters. The Morgan fingerprint density at radius 2 is 1.40 bits per heavy atom. The summed E-state index contributed by atoms with van der Waals surface area (Å²) in [6.45, 7) is -3.96. The van der Waals surface area contributed by atoms with Crippen LogP contribution in [0.15, 0.2) is 49.6 Å². The first kappa shape index (κ1) is 44.9. The predicted octanol–water partition coefficient (Wildman–Crippen LogP) is 3.54. The Labute approximate surface area is 362 Å². The number of nitrogens with one attached hydrogen (secondary N) is 2. The quantitative estimate of drug-likeness (QED) is 0.0790. The number of imidazole rings is 2. The minimum Gasteiger partial charge on any atom is -0.382 e. The van der Waals surface area contributed by atoms with Gasteiger partial charge in [0.25, 0.3) is 15.0 Å². The lowest BCUT2D eigenvalue weighted by molar-refractivity contribution is -0.124. The van der Waals surface area contributed by atoms with Gasteiger partial charge in [-0.25, -0.2) is 43.2 Å². The van der Waals surface area contributed by atoms with E-state index < -0.39 is 82.6 Å². The van der Waals surface area contributed by atoms with Gasteiger partial charge in [0.05, 0.1) is 32.4 Å². The zero-order valence-corrected chi connectivity index (χ0v) is 36.4. The molecule has 6 N–H and O–H groups in total. The molecule has 1 aromatic carbocycles. The van der Waals surface area contributed by atoms with Crippen molar-refractivity contribution in [2.24, 2.45) is 0 Å². The van der Waals surface area contributed by atoms with Crippen molar-refractivity contribution in [3.05, 3.63) is 55.1 Å². The van der Waals surface area contributed by atoms with E-state index in [2.05, 4.69) is 40.5 Å². The number of fused-ring (bicyclic) bond motifs is 4. The molecule has 0 spiro atoms. The minimum atomic E-state index is -4.51. The Kier molecular flexibility index (Phi) is 13.4. The average Bonchev–Trinajstić information content (AvgIpc) is 4.03. The topological polar surface area (TPSA) is 287 Å². The maximum Gasteiger partial charge on any atom is 0.389 e. The number of unbranched alkanes of at least 4 members (excludes halogenated alkanes) is 2. The largest absolute Gasteiger partial charge is 0.389 e. The number of anilines is 3. The van der Waals surface area contributed by atoms with E-state index in [1.807, 2.05) is 6.92 Å². The first-order chi connectivity index (χ1) is 30.2. The molecule has 22 nitrogen and oxygen atoms in total. The predicted molar refractivity (Wildman–Crippen MR) is 226 cm³/mol. The fourth-order valence-corrected chi connectivity index (χ4v) is 11.7. The van der Waals surface area contributed by atoms with Crippen molar-refractivity contribution in [1.29, 1.82) is 0 Å². The van der Waals surface area contributed by atoms with Gasteiger partial charge in [0.15, 0.2) is 47.7 Å². The molecule has 2 amide bonds. The van der Waals surface area contributed by atoms with Crippen LogP contribution in [0.3, 0.4) is 0 Å². The second-order valence-corrected chi connectivity index (χ2v) is 20.9. The van der Waals surface area contributed by atoms with E-state index in [4.69, 9.17) is 39.0 Å². The standard InChI is InChI=1S/C35H43BF2N12O10P2S/c1-2-3-4-5-22(51)41-10-23(52)48-19-8-6-18(7-9-19)13-63-62(54)56-12-21-28(24(37)34(58-21)49-16-46-26-30(39)42-14-44-32(26)49)59-61(36,53)55-11-20-29(60-62)25(38)35(57-20)50-17-47-27-31(40)43-15-45-33(27)50/h6-9,14-17,20-21,24-25,28-29,34-35H,2-5,10-13,36H2,1H3,(H,41,51)(H,48,52)(H2,39,42,44)(H2,40,43,45)/t20-,21-,24-,25-,28-,29-,34-,35-,61?,62?/m1/s1. The Balaban J connectivity index is 1.03. The first-order valence-electron chi connectivity index (χ1n) is 19.8. The van der Waals surface area contributed by atoms with Crippen LogP contribution in [0.25, 0.3) is 22.3 Å². The summed E-state index contributed by atoms with van der Waals surface area (Å²) in [5.74, 6) is -0.591. The number of benzene rings is 1. The molecule has 3 aliphatic heterocycles. The molecule has 63 heavy (non-hydrogen) atoms. The van der Waals surface area contributed by atoms with Crippen molar-refractivity contribution in [1.82, 2.24) is 44.4 Å². The summed E-state index contributed by atoms with van der Waals surface area (Å²) in [7, 11) is -3.08. The number of amides is 2. The van der Waals surface area contributed by atoms with E-state index in [1.165, 1.54) is 34.4 Å². The van der Waals surface area contributed by atoms with Gasteiger partial charge in [-0.05, 0) is 35.5 Å². The fraction of sp³-hybridized carbons (Fsp3) is 0.486. The van der Waals surface area contributed by atoms with E-state index in [-0.39, 0.29) is 52.2 Å². The number of hydrogen-bond acceptors (Lipinski definition) is 19. The highest BCUT2D eigenvalue weighted by atomic mass is 32.7. The van der Waals surface area contributed by atoms with Crippen LogP contribution >= 0.6 is 25.7 Å². The first-order valence-corrected chi connectivity index (χ1v) is 24.9. The molecule has 3 fully saturated rings. The molecule has 0 aliphatic carbocycles. The summed E-state index contributed by atoms with van der Waals surface area (Å²) in [6, 6.07) is 6.53. The van der Waals surface area contributed by atoms with Crippen molar-refractivity contribution in [3.63, 3.8) is 0 Å². The van der Waals surface area contributed by atoms with Crippen LogP contribution < -0.4 is 22.1 Å². The molecule has 10 atom stereocenters. The van der Waals surface area contributed by atoms with Crippen molar-refractivity contribution in [2.75, 3.05) is 36.5 Å². The molecule has 28 heteroatoms. The van der Waals surface area contributed by atoms with Gasteiger partial charge < -0.3 is 40.6 Å². The molecule has 0 saturated carbocycles. The number of halogens is 2. The number of alkyl halides is 2. The third kappa shape index (κ3) is 9.88. The van der Waals surface area contributed by atoms with Gasteiger partial charge in [0.1, 0.15) is 48.1 Å². The van der Waals surface area contributed by atoms with Gasteiger partial charge in [-0.15, -0.1) is 0 Å². The molecule has 8 rings (SSSR count). The van der Waals surface area contributed by atoms with Gasteiger partial charge in [0.2, 0.25) is 11.8 Å². The molecular weight excluding hydrogens is 891 g/mol. The van der Waals surface area contributed by atoms with Gasteiger partial charge in [-0.2, -0.15) is 0 Å². The summed E-state index contributed by atoms with van der Waals surface area (Å²) >= 11 is 0.699. The Bertz CT molecular complexity index is 2570. The maximum atomic E-state index is 16.8. The normalized spacial score (nSPS) is 30.0. The lowest BCUT2D eigenvalue weighted by atomic mass is 10.1. The summed E-state index contributed by atoms with van der Waals surface area (Å²) in [6.07, 6.45) is -5.34. The number of carbonyl (C=O) groups is 2. The smallest absolute Gasteiger partial charge is 0.382 e. The molecule has 3 saturated heterocycles. The monoisotopic (exact) mass is 934 g/mol. The number of hydrogen-bond donors (Lipinski definition) is 4. The van der Waals surface area contributed by atoms with E-state index in [1.54, 1.807) is 24.3 Å². The van der Waals surface area contributed by atoms with Crippen LogP contribution in [0.5, 0.6) is 0 Å². The Morgan fingerprint density at radius 3 is 1.98 bits per heavy atom. The van der Waals surface area contributed by atoms with Gasteiger partial charge in [-0.3, -0.25) is 32.3 Å². The summed E-state index contributed by atoms with van der Waals surface area (Å²) in [4.78, 5) is 49.1. The maximum absolute atomic E-state index is 16.8. The van der Waals surface area contributed by atoms with Crippen molar-refractivity contribution >= 4 is 84.7 Å². The van der Waals surface area contributed by atoms with Gasteiger partial charge >= 0.3 is 6.80 Å². The summed E-state index contributed by atoms with van der Waals surface area (Å²) in [5.41, 5.74) is 13.6. The SMILES string of the molecule is BP1(=O)OC[C@H]2O[C@@H](n3cnc4c(N)ncnc43)[C@H](F)[C@@H]2OP(=O)(SCc2ccc(NC(=O)CNC(=O)CCCCC)cc2)OC[C@H]2O[C@@H](n3cnc4c(N)ncnc43)[C@H](F)[C@@H]2O1. The number of nitrogens with zero attached hydrogens (tertiary/aromatic N) is 8. The summed E-state index contributed by atoms with van der Waals surface area (Å²) in [5, 5.41) is 5.31. The zero-order valence-electron chi connectivity index (χ0n) is 33.8. The highest BCUT2D eigenvalue weighted by Gasteiger charge is 2.54. The van der Waals surface area contributed by atoms with E-state index >= 15 is 8.78 Å². The molecule has 3 aliphatic rings. The zero-order chi connectivity index (χ0) is 44.5. The van der Waals surface area contributed by atoms with Crippen LogP contribution in [-0.2, 0) is 52.0 Å². The van der Waals surface area contributed by atoms with Crippen LogP contribution in [-0.4, -0.2) is 115 Å². The molecule has 7 heterocycles. The third-order valence-electron chi connectivity index (χ3n) is 10.4. The molecule has 336 valence electrons. The number of aromatic nitrogens is 8. The van der Waals surface area contributed by atoms with Crippen LogP contribution in [0.4, 0.5) is 26.1 Å². The van der Waals surface area contributed by atoms with E-state index in [9.17, 15) is 18.7 Å². The third-order valence-corrected chi connectivity index (χ3v) is 15.3. The number of ether oxygens (including phenoxy) is 2. The van der Waals surface area contributed by atoms with Crippen molar-refractivity contribution in [2.45, 2.75) is 87.6 Å². The van der Waals surface area contributed by atoms with Gasteiger partial charge in [-0.1, -0.05) is 31.9 Å². The van der Waals surface area contributed by atoms with Crippen molar-refractivity contribution < 1.29 is 55.1 Å². The van der Waals surface area contributed by atoms with Crippen LogP contribution in [0.1, 0.15) is 50.6 Å².